The van der Waals surface area contributed by atoms with Crippen LogP contribution in [0.1, 0.15) is 5.76 Å². The first-order valence-corrected chi connectivity index (χ1v) is 4.64. The van der Waals surface area contributed by atoms with Crippen LogP contribution >= 0.6 is 11.3 Å². The van der Waals surface area contributed by atoms with E-state index in [2.05, 4.69) is 10.3 Å². The first kappa shape index (κ1) is 8.12. The number of anilines is 2. The van der Waals surface area contributed by atoms with Crippen LogP contribution in [-0.4, -0.2) is 4.98 Å². The summed E-state index contributed by atoms with van der Waals surface area (Å²) in [7, 11) is 0. The van der Waals surface area contributed by atoms with Gasteiger partial charge < -0.3 is 15.5 Å². The average Bonchev–Trinajstić information content (AvgIpc) is 2.71. The van der Waals surface area contributed by atoms with Crippen molar-refractivity contribution >= 4 is 21.5 Å². The quantitative estimate of drug-likeness (QED) is 0.785. The third-order valence-electron chi connectivity index (χ3n) is 1.52. The van der Waals surface area contributed by atoms with Gasteiger partial charge in [-0.1, -0.05) is 11.3 Å². The number of aromatic nitrogens is 1. The van der Waals surface area contributed by atoms with Gasteiger partial charge in [0.15, 0.2) is 5.13 Å². The summed E-state index contributed by atoms with van der Waals surface area (Å²) in [6, 6.07) is 3.76. The normalized spacial score (nSPS) is 10.2. The van der Waals surface area contributed by atoms with E-state index in [1.54, 1.807) is 12.5 Å². The van der Waals surface area contributed by atoms with Crippen molar-refractivity contribution in [2.24, 2.45) is 0 Å². The molecule has 3 N–H and O–H groups in total. The largest absolute Gasteiger partial charge is 0.467 e. The first-order valence-electron chi connectivity index (χ1n) is 3.82. The Labute approximate surface area is 79.4 Å². The molecule has 5 heteroatoms. The standard InChI is InChI=1S/C8H9N3OS/c9-7-5-11-8(13-7)10-4-6-2-1-3-12-6/h1-3,5H,4,9H2,(H,10,11). The number of nitrogen functional groups attached to an aromatic ring is 1. The van der Waals surface area contributed by atoms with Crippen molar-refractivity contribution in [3.8, 4) is 0 Å². The van der Waals surface area contributed by atoms with Gasteiger partial charge in [-0.25, -0.2) is 4.98 Å². The highest BCUT2D eigenvalue weighted by Gasteiger charge is 1.99. The fourth-order valence-corrected chi connectivity index (χ4v) is 1.52. The zero-order chi connectivity index (χ0) is 9.10. The summed E-state index contributed by atoms with van der Waals surface area (Å²) in [6.45, 7) is 0.639. The Morgan fingerprint density at radius 2 is 2.54 bits per heavy atom. The van der Waals surface area contributed by atoms with E-state index in [0.29, 0.717) is 11.5 Å². The predicted octanol–water partition coefficient (Wildman–Crippen LogP) is 1.93. The lowest BCUT2D eigenvalue weighted by molar-refractivity contribution is 0.518. The molecule has 0 bridgehead atoms. The van der Waals surface area contributed by atoms with Gasteiger partial charge in [-0.15, -0.1) is 0 Å². The summed E-state index contributed by atoms with van der Waals surface area (Å²) in [6.07, 6.45) is 3.28. The van der Waals surface area contributed by atoms with Crippen LogP contribution in [0.3, 0.4) is 0 Å². The van der Waals surface area contributed by atoms with E-state index in [0.717, 1.165) is 10.9 Å². The summed E-state index contributed by atoms with van der Waals surface area (Å²) in [5.41, 5.74) is 5.52. The molecule has 68 valence electrons. The van der Waals surface area contributed by atoms with E-state index in [1.807, 2.05) is 12.1 Å². The Kier molecular flexibility index (Phi) is 2.18. The maximum Gasteiger partial charge on any atom is 0.184 e. The van der Waals surface area contributed by atoms with Crippen LogP contribution in [0.25, 0.3) is 0 Å². The topological polar surface area (TPSA) is 64.1 Å². The van der Waals surface area contributed by atoms with Crippen LogP contribution in [-0.2, 0) is 6.54 Å². The van der Waals surface area contributed by atoms with Crippen LogP contribution in [0, 0.1) is 0 Å². The second kappa shape index (κ2) is 3.49. The van der Waals surface area contributed by atoms with Crippen molar-refractivity contribution in [1.82, 2.24) is 4.98 Å². The van der Waals surface area contributed by atoms with Gasteiger partial charge in [0.05, 0.1) is 19.0 Å². The van der Waals surface area contributed by atoms with Crippen LogP contribution in [0.4, 0.5) is 10.1 Å². The van der Waals surface area contributed by atoms with E-state index < -0.39 is 0 Å². The van der Waals surface area contributed by atoms with Crippen molar-refractivity contribution in [3.63, 3.8) is 0 Å². The van der Waals surface area contributed by atoms with Gasteiger partial charge >= 0.3 is 0 Å². The minimum absolute atomic E-state index is 0.639. The van der Waals surface area contributed by atoms with Gasteiger partial charge in [-0.3, -0.25) is 0 Å². The molecule has 0 saturated carbocycles. The summed E-state index contributed by atoms with van der Waals surface area (Å²) >= 11 is 1.42. The highest BCUT2D eigenvalue weighted by atomic mass is 32.1. The number of hydrogen-bond acceptors (Lipinski definition) is 5. The Balaban J connectivity index is 1.93. The molecule has 0 atom stereocenters. The number of nitrogens with one attached hydrogen (secondary N) is 1. The molecule has 2 aromatic heterocycles. The lowest BCUT2D eigenvalue weighted by Crippen LogP contribution is -1.96. The number of rotatable bonds is 3. The highest BCUT2D eigenvalue weighted by molar-refractivity contribution is 7.19. The molecule has 2 aromatic rings. The molecule has 0 aromatic carbocycles. The summed E-state index contributed by atoms with van der Waals surface area (Å²) in [5, 5.41) is 4.63. The maximum absolute atomic E-state index is 5.52. The lowest BCUT2D eigenvalue weighted by atomic mass is 10.4. The van der Waals surface area contributed by atoms with Crippen molar-refractivity contribution in [1.29, 1.82) is 0 Å². The molecule has 0 unspecified atom stereocenters. The van der Waals surface area contributed by atoms with Crippen molar-refractivity contribution in [2.45, 2.75) is 6.54 Å². The zero-order valence-electron chi connectivity index (χ0n) is 6.86. The van der Waals surface area contributed by atoms with E-state index >= 15 is 0 Å². The number of thiazole rings is 1. The van der Waals surface area contributed by atoms with Gasteiger partial charge in [0.1, 0.15) is 10.8 Å². The van der Waals surface area contributed by atoms with E-state index in [4.69, 9.17) is 10.2 Å². The van der Waals surface area contributed by atoms with Crippen molar-refractivity contribution in [3.05, 3.63) is 30.4 Å². The van der Waals surface area contributed by atoms with Gasteiger partial charge in [0.2, 0.25) is 0 Å². The van der Waals surface area contributed by atoms with Crippen LogP contribution in [0.15, 0.2) is 29.0 Å². The SMILES string of the molecule is Nc1cnc(NCc2ccco2)s1. The fraction of sp³-hybridized carbons (Fsp3) is 0.125. The van der Waals surface area contributed by atoms with Gasteiger partial charge in [-0.05, 0) is 12.1 Å². The minimum Gasteiger partial charge on any atom is -0.467 e. The Morgan fingerprint density at radius 3 is 3.15 bits per heavy atom. The van der Waals surface area contributed by atoms with Crippen LogP contribution < -0.4 is 11.1 Å². The molecule has 13 heavy (non-hydrogen) atoms. The van der Waals surface area contributed by atoms with Gasteiger partial charge in [0, 0.05) is 0 Å². The maximum atomic E-state index is 5.52. The minimum atomic E-state index is 0.639. The van der Waals surface area contributed by atoms with E-state index in [1.165, 1.54) is 11.3 Å². The van der Waals surface area contributed by atoms with Crippen LogP contribution in [0.2, 0.25) is 0 Å². The van der Waals surface area contributed by atoms with Crippen molar-refractivity contribution < 1.29 is 4.42 Å². The second-order valence-electron chi connectivity index (χ2n) is 2.50. The number of nitrogens with two attached hydrogens (primary N) is 1. The first-order chi connectivity index (χ1) is 6.34. The molecule has 0 fully saturated rings. The monoisotopic (exact) mass is 195 g/mol. The molecule has 0 aliphatic carbocycles. The molecule has 0 aliphatic rings. The van der Waals surface area contributed by atoms with Gasteiger partial charge in [-0.2, -0.15) is 0 Å². The lowest BCUT2D eigenvalue weighted by Gasteiger charge is -1.97. The third kappa shape index (κ3) is 2.00. The molecule has 0 aliphatic heterocycles. The third-order valence-corrected chi connectivity index (χ3v) is 2.30. The Hall–Kier alpha value is -1.49. The highest BCUT2D eigenvalue weighted by Crippen LogP contribution is 2.19. The molecule has 0 spiro atoms. The molecule has 0 saturated heterocycles. The molecule has 2 rings (SSSR count). The summed E-state index contributed by atoms with van der Waals surface area (Å²) in [4.78, 5) is 4.06. The van der Waals surface area contributed by atoms with E-state index in [-0.39, 0.29) is 0 Å². The second-order valence-corrected chi connectivity index (χ2v) is 3.56. The summed E-state index contributed by atoms with van der Waals surface area (Å²) < 4.78 is 5.15. The Morgan fingerprint density at radius 1 is 1.62 bits per heavy atom. The smallest absolute Gasteiger partial charge is 0.184 e. The van der Waals surface area contributed by atoms with Crippen molar-refractivity contribution in [2.75, 3.05) is 11.1 Å². The van der Waals surface area contributed by atoms with Gasteiger partial charge in [0.25, 0.3) is 0 Å². The van der Waals surface area contributed by atoms with Crippen LogP contribution in [0.5, 0.6) is 0 Å². The molecule has 2 heterocycles. The zero-order valence-corrected chi connectivity index (χ0v) is 7.67. The molecule has 4 nitrogen and oxygen atoms in total. The summed E-state index contributed by atoms with van der Waals surface area (Å²) in [5.74, 6) is 0.883. The molecule has 0 amide bonds. The predicted molar refractivity (Wildman–Crippen MR) is 52.6 cm³/mol. The number of furan rings is 1. The molecule has 0 radical (unpaired) electrons. The fourth-order valence-electron chi connectivity index (χ4n) is 0.944. The molecular weight excluding hydrogens is 186 g/mol. The van der Waals surface area contributed by atoms with E-state index in [9.17, 15) is 0 Å². The number of nitrogens with zero attached hydrogens (tertiary/aromatic N) is 1. The molecular formula is C8H9N3OS. The average molecular weight is 195 g/mol. The number of hydrogen-bond donors (Lipinski definition) is 2. The Bertz CT molecular complexity index is 368.